The molecule has 0 spiro atoms. The number of fused-ring (bicyclic) bond motifs is 1. The molecule has 0 bridgehead atoms. The average Bonchev–Trinajstić information content (AvgIpc) is 2.61. The summed E-state index contributed by atoms with van der Waals surface area (Å²) in [6, 6.07) is 15.2. The largest absolute Gasteiger partial charge is 0.351 e. The van der Waals surface area contributed by atoms with Crippen LogP contribution in [0.4, 0.5) is 0 Å². The Hall–Kier alpha value is -2.18. The molecule has 1 heterocycles. The maximum absolute atomic E-state index is 12.6. The van der Waals surface area contributed by atoms with Gasteiger partial charge in [-0.05, 0) is 36.1 Å². The first-order chi connectivity index (χ1) is 12.0. The molecule has 1 aliphatic rings. The van der Waals surface area contributed by atoms with Gasteiger partial charge >= 0.3 is 0 Å². The summed E-state index contributed by atoms with van der Waals surface area (Å²) in [5, 5.41) is 2.71. The lowest BCUT2D eigenvalue weighted by atomic mass is 10.0. The van der Waals surface area contributed by atoms with Gasteiger partial charge in [-0.3, -0.25) is 4.79 Å². The van der Waals surface area contributed by atoms with E-state index in [0.29, 0.717) is 18.7 Å². The van der Waals surface area contributed by atoms with Crippen molar-refractivity contribution in [1.29, 1.82) is 0 Å². The molecule has 0 fully saturated rings. The molecule has 1 amide bonds. The van der Waals surface area contributed by atoms with Crippen molar-refractivity contribution < 1.29 is 13.2 Å². The molecule has 6 heteroatoms. The molecule has 0 unspecified atom stereocenters. The second-order valence-electron chi connectivity index (χ2n) is 6.24. The van der Waals surface area contributed by atoms with Crippen LogP contribution in [0.2, 0.25) is 0 Å². The van der Waals surface area contributed by atoms with Crippen LogP contribution in [0, 0.1) is 6.92 Å². The van der Waals surface area contributed by atoms with E-state index in [0.717, 1.165) is 17.5 Å². The fourth-order valence-corrected chi connectivity index (χ4v) is 4.38. The molecule has 0 saturated heterocycles. The predicted molar refractivity (Wildman–Crippen MR) is 97.9 cm³/mol. The zero-order valence-corrected chi connectivity index (χ0v) is 15.1. The fourth-order valence-electron chi connectivity index (χ4n) is 3.05. The monoisotopic (exact) mass is 358 g/mol. The molecule has 2 aromatic rings. The lowest BCUT2D eigenvalue weighted by molar-refractivity contribution is 0.0955. The van der Waals surface area contributed by atoms with Crippen molar-refractivity contribution >= 4 is 15.9 Å². The van der Waals surface area contributed by atoms with E-state index in [1.165, 1.54) is 9.87 Å². The van der Waals surface area contributed by atoms with E-state index < -0.39 is 10.0 Å². The number of amides is 1. The van der Waals surface area contributed by atoms with Gasteiger partial charge in [0.1, 0.15) is 0 Å². The number of sulfonamides is 1. The van der Waals surface area contributed by atoms with Crippen LogP contribution in [0.25, 0.3) is 0 Å². The minimum absolute atomic E-state index is 0.0905. The highest BCUT2D eigenvalue weighted by atomic mass is 32.2. The topological polar surface area (TPSA) is 66.5 Å². The normalized spacial score (nSPS) is 14.8. The fraction of sp³-hybridized carbons (Fsp3) is 0.316. The number of nitrogens with zero attached hydrogens (tertiary/aromatic N) is 1. The van der Waals surface area contributed by atoms with E-state index in [4.69, 9.17) is 0 Å². The summed E-state index contributed by atoms with van der Waals surface area (Å²) in [5.41, 5.74) is 3.71. The Kier molecular flexibility index (Phi) is 5.20. The van der Waals surface area contributed by atoms with Gasteiger partial charge in [0.25, 0.3) is 5.91 Å². The summed E-state index contributed by atoms with van der Waals surface area (Å²) < 4.78 is 26.6. The Labute approximate surface area is 148 Å². The number of carbonyl (C=O) groups excluding carboxylic acids is 1. The van der Waals surface area contributed by atoms with Crippen molar-refractivity contribution in [2.45, 2.75) is 19.9 Å². The third kappa shape index (κ3) is 4.08. The molecule has 3 rings (SSSR count). The summed E-state index contributed by atoms with van der Waals surface area (Å²) in [5.74, 6) is -0.329. The Balaban J connectivity index is 1.58. The Morgan fingerprint density at radius 2 is 1.76 bits per heavy atom. The van der Waals surface area contributed by atoms with E-state index in [2.05, 4.69) is 5.32 Å². The smallest absolute Gasteiger partial charge is 0.251 e. The van der Waals surface area contributed by atoms with Crippen LogP contribution < -0.4 is 5.32 Å². The van der Waals surface area contributed by atoms with Gasteiger partial charge in [-0.15, -0.1) is 0 Å². The molecule has 2 aromatic carbocycles. The highest BCUT2D eigenvalue weighted by molar-refractivity contribution is 7.89. The highest BCUT2D eigenvalue weighted by Gasteiger charge is 2.26. The molecule has 5 nitrogen and oxygen atoms in total. The van der Waals surface area contributed by atoms with Crippen LogP contribution in [0.3, 0.4) is 0 Å². The van der Waals surface area contributed by atoms with E-state index in [-0.39, 0.29) is 18.2 Å². The number of benzene rings is 2. The van der Waals surface area contributed by atoms with E-state index in [1.54, 1.807) is 12.1 Å². The molecule has 0 atom stereocenters. The van der Waals surface area contributed by atoms with Gasteiger partial charge < -0.3 is 5.32 Å². The standard InChI is InChI=1S/C19H22N2O3S/c1-15-6-2-5-9-18(15)19(22)20-11-13-25(23,24)21-12-10-16-7-3-4-8-17(16)14-21/h2-9H,10-14H2,1H3,(H,20,22). The number of nitrogens with one attached hydrogen (secondary N) is 1. The number of hydrogen-bond acceptors (Lipinski definition) is 3. The molecule has 25 heavy (non-hydrogen) atoms. The average molecular weight is 358 g/mol. The number of hydrogen-bond donors (Lipinski definition) is 1. The molecular formula is C19H22N2O3S. The molecule has 0 saturated carbocycles. The van der Waals surface area contributed by atoms with Crippen LogP contribution in [-0.4, -0.2) is 37.5 Å². The minimum Gasteiger partial charge on any atom is -0.351 e. The third-order valence-electron chi connectivity index (χ3n) is 4.52. The first kappa shape index (κ1) is 17.6. The minimum atomic E-state index is -3.40. The van der Waals surface area contributed by atoms with Crippen LogP contribution in [0.1, 0.15) is 27.0 Å². The summed E-state index contributed by atoms with van der Waals surface area (Å²) in [6.07, 6.45) is 0.727. The quantitative estimate of drug-likeness (QED) is 0.890. The van der Waals surface area contributed by atoms with Crippen molar-refractivity contribution in [3.05, 3.63) is 70.8 Å². The van der Waals surface area contributed by atoms with Gasteiger partial charge in [-0.2, -0.15) is 4.31 Å². The molecular weight excluding hydrogens is 336 g/mol. The lowest BCUT2D eigenvalue weighted by Gasteiger charge is -2.28. The molecule has 0 radical (unpaired) electrons. The van der Waals surface area contributed by atoms with Crippen molar-refractivity contribution in [3.63, 3.8) is 0 Å². The van der Waals surface area contributed by atoms with Crippen LogP contribution in [-0.2, 0) is 23.0 Å². The van der Waals surface area contributed by atoms with Gasteiger partial charge in [0, 0.05) is 25.2 Å². The predicted octanol–water partition coefficient (Wildman–Crippen LogP) is 2.11. The molecule has 132 valence electrons. The summed E-state index contributed by atoms with van der Waals surface area (Å²) in [4.78, 5) is 12.2. The van der Waals surface area contributed by atoms with Crippen LogP contribution in [0.15, 0.2) is 48.5 Å². The van der Waals surface area contributed by atoms with Gasteiger partial charge in [0.15, 0.2) is 0 Å². The van der Waals surface area contributed by atoms with Gasteiger partial charge in [-0.25, -0.2) is 8.42 Å². The van der Waals surface area contributed by atoms with Crippen molar-refractivity contribution in [3.8, 4) is 0 Å². The Morgan fingerprint density at radius 1 is 1.08 bits per heavy atom. The Morgan fingerprint density at radius 3 is 2.52 bits per heavy atom. The Bertz CT molecular complexity index is 878. The lowest BCUT2D eigenvalue weighted by Crippen LogP contribution is -2.40. The van der Waals surface area contributed by atoms with E-state index in [9.17, 15) is 13.2 Å². The number of aryl methyl sites for hydroxylation is 1. The first-order valence-corrected chi connectivity index (χ1v) is 9.97. The second-order valence-corrected chi connectivity index (χ2v) is 8.33. The second kappa shape index (κ2) is 7.37. The summed E-state index contributed by atoms with van der Waals surface area (Å²) in [6.45, 7) is 2.86. The highest BCUT2D eigenvalue weighted by Crippen LogP contribution is 2.20. The molecule has 1 aliphatic heterocycles. The van der Waals surface area contributed by atoms with Gasteiger partial charge in [-0.1, -0.05) is 42.5 Å². The van der Waals surface area contributed by atoms with Crippen molar-refractivity contribution in [1.82, 2.24) is 9.62 Å². The maximum atomic E-state index is 12.6. The van der Waals surface area contributed by atoms with Crippen LogP contribution in [0.5, 0.6) is 0 Å². The zero-order chi connectivity index (χ0) is 17.9. The van der Waals surface area contributed by atoms with Crippen LogP contribution >= 0.6 is 0 Å². The SMILES string of the molecule is Cc1ccccc1C(=O)NCCS(=O)(=O)N1CCc2ccccc2C1. The maximum Gasteiger partial charge on any atom is 0.251 e. The zero-order valence-electron chi connectivity index (χ0n) is 14.2. The summed E-state index contributed by atoms with van der Waals surface area (Å²) in [7, 11) is -3.40. The van der Waals surface area contributed by atoms with Crippen molar-refractivity contribution in [2.24, 2.45) is 0 Å². The van der Waals surface area contributed by atoms with E-state index in [1.807, 2.05) is 43.3 Å². The molecule has 0 aromatic heterocycles. The van der Waals surface area contributed by atoms with Gasteiger partial charge in [0.2, 0.25) is 10.0 Å². The molecule has 1 N–H and O–H groups in total. The van der Waals surface area contributed by atoms with E-state index >= 15 is 0 Å². The molecule has 0 aliphatic carbocycles. The first-order valence-electron chi connectivity index (χ1n) is 8.36. The number of carbonyl (C=O) groups is 1. The van der Waals surface area contributed by atoms with Crippen molar-refractivity contribution in [2.75, 3.05) is 18.8 Å². The third-order valence-corrected chi connectivity index (χ3v) is 6.34. The number of rotatable bonds is 5. The summed E-state index contributed by atoms with van der Waals surface area (Å²) >= 11 is 0. The van der Waals surface area contributed by atoms with Gasteiger partial charge in [0.05, 0.1) is 5.75 Å².